The summed E-state index contributed by atoms with van der Waals surface area (Å²) < 4.78 is 92.0. The minimum atomic E-state index is -4.56. The van der Waals surface area contributed by atoms with Crippen LogP contribution >= 0.6 is 23.2 Å². The third-order valence-electron chi connectivity index (χ3n) is 13.6. The number of rotatable bonds is 16. The van der Waals surface area contributed by atoms with Crippen molar-refractivity contribution < 1.29 is 60.0 Å². The number of hydrogen-bond donors (Lipinski definition) is 3. The van der Waals surface area contributed by atoms with E-state index in [1.54, 1.807) is 65.6 Å². The van der Waals surface area contributed by atoms with Gasteiger partial charge < -0.3 is 39.8 Å². The van der Waals surface area contributed by atoms with Crippen LogP contribution in [0.15, 0.2) is 97.1 Å². The zero-order valence-electron chi connectivity index (χ0n) is 43.4. The molecule has 0 spiro atoms. The molecule has 3 N–H and O–H groups in total. The number of aromatic carboxylic acids is 1. The average molecular weight is 1150 g/mol. The summed E-state index contributed by atoms with van der Waals surface area (Å²) in [6, 6.07) is 26.7. The fourth-order valence-electron chi connectivity index (χ4n) is 9.39. The van der Waals surface area contributed by atoms with Crippen LogP contribution in [0.5, 0.6) is 12.0 Å². The molecule has 4 heterocycles. The second-order valence-corrected chi connectivity index (χ2v) is 22.0. The van der Waals surface area contributed by atoms with E-state index in [1.165, 1.54) is 12.1 Å². The van der Waals surface area contributed by atoms with Crippen molar-refractivity contribution in [2.45, 2.75) is 88.3 Å². The number of fused-ring (bicyclic) bond motifs is 1. The SMILES string of the molecule is CC(C)(C)OC(=O)N1CC2CN(C(=O)c3ccc(Cc4nc(NC5(c6ccc(Cl)cc6)CC5)nc(OCC(F)(F)F)n4)cc3)CC2C1.O=C(O)c1ccc(Cc2nc(NC3(c4ccc(Cl)cc4)CC3)nc(OCC(F)(F)F)n2)cc1. The highest BCUT2D eigenvalue weighted by Crippen LogP contribution is 2.49. The van der Waals surface area contributed by atoms with Gasteiger partial charge in [-0.25, -0.2) is 9.59 Å². The summed E-state index contributed by atoms with van der Waals surface area (Å²) >= 11 is 12.0. The number of carbonyl (C=O) groups excluding carboxylic acids is 2. The van der Waals surface area contributed by atoms with Crippen molar-refractivity contribution in [1.29, 1.82) is 0 Å². The molecule has 4 aliphatic rings. The number of likely N-dealkylation sites (tertiary alicyclic amines) is 2. The molecule has 2 saturated carbocycles. The Morgan fingerprint density at radius 2 is 0.963 bits per heavy atom. The van der Waals surface area contributed by atoms with E-state index in [2.05, 4.69) is 40.5 Å². The predicted molar refractivity (Wildman–Crippen MR) is 281 cm³/mol. The van der Waals surface area contributed by atoms with Gasteiger partial charge >= 0.3 is 36.4 Å². The number of hydrogen-bond acceptors (Lipinski definition) is 14. The molecule has 2 atom stereocenters. The molecule has 2 aliphatic carbocycles. The van der Waals surface area contributed by atoms with Crippen molar-refractivity contribution >= 4 is 53.1 Å². The van der Waals surface area contributed by atoms with Crippen LogP contribution in [0.25, 0.3) is 0 Å². The Kier molecular flexibility index (Phi) is 16.4. The summed E-state index contributed by atoms with van der Waals surface area (Å²) in [6.45, 7) is 4.67. The number of amides is 2. The number of anilines is 2. The van der Waals surface area contributed by atoms with Gasteiger partial charge in [0, 0.05) is 66.5 Å². The predicted octanol–water partition coefficient (Wildman–Crippen LogP) is 11.0. The van der Waals surface area contributed by atoms with Crippen LogP contribution in [-0.2, 0) is 28.7 Å². The molecule has 422 valence electrons. The molecule has 2 unspecified atom stereocenters. The number of halogens is 8. The zero-order chi connectivity index (χ0) is 57.2. The first-order chi connectivity index (χ1) is 37.8. The van der Waals surface area contributed by atoms with E-state index >= 15 is 0 Å². The van der Waals surface area contributed by atoms with Crippen LogP contribution in [0, 0.1) is 11.8 Å². The van der Waals surface area contributed by atoms with Gasteiger partial charge in [-0.3, -0.25) is 4.79 Å². The first-order valence-electron chi connectivity index (χ1n) is 25.4. The van der Waals surface area contributed by atoms with E-state index in [9.17, 15) is 40.7 Å². The van der Waals surface area contributed by atoms with Gasteiger partial charge in [0.05, 0.1) is 16.6 Å². The van der Waals surface area contributed by atoms with E-state index in [1.807, 2.05) is 49.9 Å². The quantitative estimate of drug-likeness (QED) is 0.0771. The van der Waals surface area contributed by atoms with Gasteiger partial charge in [0.15, 0.2) is 13.2 Å². The molecule has 4 fully saturated rings. The van der Waals surface area contributed by atoms with Crippen LogP contribution in [0.4, 0.5) is 43.0 Å². The molecule has 10 rings (SSSR count). The lowest BCUT2D eigenvalue weighted by atomic mass is 10.0. The Bertz CT molecular complexity index is 3190. The molecular weight excluding hydrogens is 1100 g/mol. The highest BCUT2D eigenvalue weighted by molar-refractivity contribution is 6.30. The first-order valence-corrected chi connectivity index (χ1v) is 26.2. The second kappa shape index (κ2) is 22.9. The van der Waals surface area contributed by atoms with Gasteiger partial charge in [0.1, 0.15) is 17.2 Å². The van der Waals surface area contributed by atoms with Crippen molar-refractivity contribution in [3.05, 3.63) is 152 Å². The Morgan fingerprint density at radius 3 is 1.32 bits per heavy atom. The second-order valence-electron chi connectivity index (χ2n) is 21.1. The van der Waals surface area contributed by atoms with Crippen molar-refractivity contribution in [3.8, 4) is 12.0 Å². The monoisotopic (exact) mass is 1150 g/mol. The standard InChI is InChI=1S/C33H36ClF3N6O4.C22H18ClF3N4O3/c1-31(2,3)47-30(45)43-17-22-15-42(16-23(22)18-43)27(44)21-6-4-20(5-7-21)14-26-38-28(40-29(39-26)46-19-33(35,36)37)41-32(12-13-32)24-8-10-25(34)11-9-24;23-16-7-5-15(6-8-16)21(9-10-21)30-19-27-17(28-20(29-19)33-12-22(24,25)26)11-13-1-3-14(4-2-13)18(31)32/h4-11,22-23H,12-19H2,1-3H3,(H,38,39,40,41);1-8H,9-12H2,(H,31,32)(H,27,28,29,30). The fourth-order valence-corrected chi connectivity index (χ4v) is 9.64. The zero-order valence-corrected chi connectivity index (χ0v) is 44.9. The number of aromatic nitrogens is 6. The Balaban J connectivity index is 0.000000206. The maximum Gasteiger partial charge on any atom is 0.422 e. The molecule has 2 aromatic heterocycles. The van der Waals surface area contributed by atoms with Gasteiger partial charge in [-0.2, -0.15) is 56.2 Å². The summed E-state index contributed by atoms with van der Waals surface area (Å²) in [6.07, 6.45) is -5.98. The Labute approximate surface area is 465 Å². The van der Waals surface area contributed by atoms with Crippen molar-refractivity contribution in [2.75, 3.05) is 50.0 Å². The molecule has 4 aromatic carbocycles. The molecule has 80 heavy (non-hydrogen) atoms. The van der Waals surface area contributed by atoms with E-state index < -0.39 is 60.2 Å². The Morgan fingerprint density at radius 1 is 0.575 bits per heavy atom. The summed E-state index contributed by atoms with van der Waals surface area (Å²) in [5.74, 6) is -0.175. The first kappa shape index (κ1) is 57.2. The summed E-state index contributed by atoms with van der Waals surface area (Å²) in [4.78, 5) is 65.5. The lowest BCUT2D eigenvalue weighted by Gasteiger charge is -2.26. The maximum atomic E-state index is 13.3. The van der Waals surface area contributed by atoms with Crippen LogP contribution in [0.1, 0.15) is 101 Å². The minimum absolute atomic E-state index is 0.0896. The lowest BCUT2D eigenvalue weighted by molar-refractivity contribution is -0.155. The molecule has 25 heteroatoms. The molecule has 2 saturated heterocycles. The molecule has 6 aromatic rings. The van der Waals surface area contributed by atoms with Gasteiger partial charge in [0.25, 0.3) is 5.91 Å². The molecule has 2 amide bonds. The smallest absolute Gasteiger partial charge is 0.422 e. The number of ether oxygens (including phenoxy) is 3. The minimum Gasteiger partial charge on any atom is -0.478 e. The number of nitrogens with zero attached hydrogens (tertiary/aromatic N) is 8. The molecule has 17 nitrogen and oxygen atoms in total. The number of carboxylic acids is 1. The number of carbonyl (C=O) groups is 3. The fraction of sp³-hybridized carbons (Fsp3) is 0.400. The maximum absolute atomic E-state index is 13.3. The molecule has 2 aliphatic heterocycles. The van der Waals surface area contributed by atoms with Crippen molar-refractivity contribution in [1.82, 2.24) is 39.7 Å². The van der Waals surface area contributed by atoms with Crippen molar-refractivity contribution in [2.24, 2.45) is 11.8 Å². The number of nitrogens with one attached hydrogen (secondary N) is 2. The largest absolute Gasteiger partial charge is 0.478 e. The van der Waals surface area contributed by atoms with E-state index in [0.717, 1.165) is 42.4 Å². The number of carboxylic acid groups (broad SMARTS) is 1. The topological polar surface area (TPSA) is 207 Å². The van der Waals surface area contributed by atoms with E-state index in [0.29, 0.717) is 47.4 Å². The van der Waals surface area contributed by atoms with Gasteiger partial charge in [0.2, 0.25) is 11.9 Å². The normalized spacial score (nSPS) is 17.8. The van der Waals surface area contributed by atoms with Gasteiger partial charge in [-0.05, 0) is 117 Å². The van der Waals surface area contributed by atoms with Crippen molar-refractivity contribution in [3.63, 3.8) is 0 Å². The van der Waals surface area contributed by atoms with E-state index in [-0.39, 0.29) is 65.8 Å². The number of alkyl halides is 6. The van der Waals surface area contributed by atoms with Gasteiger partial charge in [-0.1, -0.05) is 71.7 Å². The van der Waals surface area contributed by atoms with Crippen LogP contribution < -0.4 is 20.1 Å². The summed E-state index contributed by atoms with van der Waals surface area (Å²) in [5.41, 5.74) is 2.50. The third-order valence-corrected chi connectivity index (χ3v) is 14.1. The van der Waals surface area contributed by atoms with E-state index in [4.69, 9.17) is 42.5 Å². The molecular formula is C55H54Cl2F6N10O7. The molecule has 0 bridgehead atoms. The van der Waals surface area contributed by atoms with Crippen LogP contribution in [0.3, 0.4) is 0 Å². The Hall–Kier alpha value is -7.53. The number of benzene rings is 4. The third kappa shape index (κ3) is 15.2. The van der Waals surface area contributed by atoms with Gasteiger partial charge in [-0.15, -0.1) is 0 Å². The highest BCUT2D eigenvalue weighted by Gasteiger charge is 2.47. The summed E-state index contributed by atoms with van der Waals surface area (Å²) in [7, 11) is 0. The average Bonchev–Trinajstić information content (AvgIpc) is 4.33. The lowest BCUT2D eigenvalue weighted by Crippen LogP contribution is -2.38. The van der Waals surface area contributed by atoms with Crippen LogP contribution in [-0.4, -0.2) is 120 Å². The summed E-state index contributed by atoms with van der Waals surface area (Å²) in [5, 5.41) is 16.7. The van der Waals surface area contributed by atoms with Crippen LogP contribution in [0.2, 0.25) is 10.0 Å². The highest BCUT2D eigenvalue weighted by atomic mass is 35.5. The molecule has 0 radical (unpaired) electrons.